The molecule has 0 saturated heterocycles. The van der Waals surface area contributed by atoms with Gasteiger partial charge >= 0.3 is 5.69 Å². The van der Waals surface area contributed by atoms with Crippen LogP contribution in [0.15, 0.2) is 69.6 Å². The van der Waals surface area contributed by atoms with Gasteiger partial charge in [-0.25, -0.2) is 4.79 Å². The highest BCUT2D eigenvalue weighted by Crippen LogP contribution is 2.51. The molecule has 2 atom stereocenters. The van der Waals surface area contributed by atoms with Crippen molar-refractivity contribution in [2.45, 2.75) is 38.4 Å². The number of hydrogen-bond acceptors (Lipinski definition) is 5. The first kappa shape index (κ1) is 19.4. The monoisotopic (exact) mass is 396 g/mol. The Labute approximate surface area is 167 Å². The Kier molecular flexibility index (Phi) is 5.25. The first-order valence-electron chi connectivity index (χ1n) is 9.75. The minimum atomic E-state index is -1.18. The van der Waals surface area contributed by atoms with E-state index in [1.54, 1.807) is 0 Å². The zero-order valence-electron chi connectivity index (χ0n) is 16.0. The number of aliphatic hydroxyl groups is 2. The molecule has 2 aliphatic carbocycles. The van der Waals surface area contributed by atoms with E-state index in [4.69, 9.17) is 4.74 Å². The van der Waals surface area contributed by atoms with E-state index in [0.29, 0.717) is 6.61 Å². The van der Waals surface area contributed by atoms with Crippen LogP contribution < -0.4 is 11.2 Å². The number of nitrogens with zero attached hydrogens (tertiary/aromatic N) is 1. The number of benzene rings is 1. The van der Waals surface area contributed by atoms with Crippen molar-refractivity contribution in [3.8, 4) is 0 Å². The summed E-state index contributed by atoms with van der Waals surface area (Å²) in [6, 6.07) is 11.0. The number of hydrogen-bond donors (Lipinski definition) is 3. The predicted octanol–water partition coefficient (Wildman–Crippen LogP) is 2.34. The molecule has 0 aliphatic heterocycles. The summed E-state index contributed by atoms with van der Waals surface area (Å²) in [5, 5.41) is 21.7. The Morgan fingerprint density at radius 1 is 1.21 bits per heavy atom. The van der Waals surface area contributed by atoms with Gasteiger partial charge in [0.1, 0.15) is 11.9 Å². The van der Waals surface area contributed by atoms with Crippen molar-refractivity contribution < 1.29 is 14.9 Å². The number of aromatic nitrogens is 2. The van der Waals surface area contributed by atoms with E-state index >= 15 is 0 Å². The maximum atomic E-state index is 12.2. The minimum absolute atomic E-state index is 0.209. The molecule has 0 spiro atoms. The van der Waals surface area contributed by atoms with E-state index in [0.717, 1.165) is 30.4 Å². The van der Waals surface area contributed by atoms with Gasteiger partial charge < -0.3 is 14.9 Å². The molecule has 7 nitrogen and oxygen atoms in total. The van der Waals surface area contributed by atoms with Crippen LogP contribution in [0, 0.1) is 5.41 Å². The molecule has 0 amide bonds. The van der Waals surface area contributed by atoms with Crippen LogP contribution in [0.3, 0.4) is 0 Å². The van der Waals surface area contributed by atoms with Gasteiger partial charge in [-0.1, -0.05) is 42.0 Å². The lowest BCUT2D eigenvalue weighted by Crippen LogP contribution is -2.38. The topological polar surface area (TPSA) is 105 Å². The Morgan fingerprint density at radius 2 is 2.00 bits per heavy atom. The van der Waals surface area contributed by atoms with Crippen LogP contribution >= 0.6 is 0 Å². The number of rotatable bonds is 6. The molecule has 3 N–H and O–H groups in total. The third-order valence-electron chi connectivity index (χ3n) is 5.83. The molecule has 4 rings (SSSR count). The van der Waals surface area contributed by atoms with Crippen LogP contribution in [0.5, 0.6) is 0 Å². The summed E-state index contributed by atoms with van der Waals surface area (Å²) < 4.78 is 7.18. The van der Waals surface area contributed by atoms with E-state index in [1.165, 1.54) is 16.8 Å². The van der Waals surface area contributed by atoms with Crippen molar-refractivity contribution >= 4 is 5.70 Å². The molecule has 0 fully saturated rings. The summed E-state index contributed by atoms with van der Waals surface area (Å²) in [6.45, 7) is 0.595. The SMILES string of the molecule is O=c1ccn(C2=C(O)[C@H](O)C(COCc3ccccc3)(C3=CCCC3)C2)c(=O)[nH]1. The molecule has 1 aromatic carbocycles. The van der Waals surface area contributed by atoms with Crippen LogP contribution in [-0.2, 0) is 11.3 Å². The van der Waals surface area contributed by atoms with Gasteiger partial charge in [0, 0.05) is 18.7 Å². The largest absolute Gasteiger partial charge is 0.508 e. The Hall–Kier alpha value is -2.90. The zero-order valence-corrected chi connectivity index (χ0v) is 16.0. The van der Waals surface area contributed by atoms with Crippen LogP contribution in [-0.4, -0.2) is 32.5 Å². The molecule has 0 saturated carbocycles. The fourth-order valence-corrected chi connectivity index (χ4v) is 4.30. The van der Waals surface area contributed by atoms with Crippen LogP contribution in [0.4, 0.5) is 0 Å². The average Bonchev–Trinajstić information content (AvgIpc) is 3.33. The number of aliphatic hydroxyl groups excluding tert-OH is 2. The zero-order chi connectivity index (χ0) is 20.4. The van der Waals surface area contributed by atoms with Crippen molar-refractivity contribution in [2.75, 3.05) is 6.61 Å². The van der Waals surface area contributed by atoms with Gasteiger partial charge in [0.2, 0.25) is 0 Å². The molecule has 2 aromatic rings. The molecular formula is C22H24N2O5. The van der Waals surface area contributed by atoms with Gasteiger partial charge in [0.15, 0.2) is 0 Å². The molecular weight excluding hydrogens is 372 g/mol. The van der Waals surface area contributed by atoms with Gasteiger partial charge in [0.05, 0.1) is 24.3 Å². The van der Waals surface area contributed by atoms with Crippen molar-refractivity contribution in [3.05, 3.63) is 86.4 Å². The average molecular weight is 396 g/mol. The van der Waals surface area contributed by atoms with Gasteiger partial charge in [-0.05, 0) is 24.8 Å². The summed E-state index contributed by atoms with van der Waals surface area (Å²) >= 11 is 0. The molecule has 1 unspecified atom stereocenters. The molecule has 2 aliphatic rings. The van der Waals surface area contributed by atoms with E-state index in [9.17, 15) is 19.8 Å². The minimum Gasteiger partial charge on any atom is -0.508 e. The van der Waals surface area contributed by atoms with Crippen LogP contribution in [0.25, 0.3) is 5.70 Å². The van der Waals surface area contributed by atoms with Gasteiger partial charge in [-0.3, -0.25) is 14.3 Å². The summed E-state index contributed by atoms with van der Waals surface area (Å²) in [5.41, 5.74) is 0.352. The second-order valence-electron chi connectivity index (χ2n) is 7.65. The lowest BCUT2D eigenvalue weighted by molar-refractivity contribution is -0.0162. The van der Waals surface area contributed by atoms with E-state index in [1.807, 2.05) is 30.3 Å². The fraction of sp³-hybridized carbons (Fsp3) is 0.364. The number of aromatic amines is 1. The summed E-state index contributed by atoms with van der Waals surface area (Å²) in [5.74, 6) is -0.254. The van der Waals surface area contributed by atoms with Crippen molar-refractivity contribution in [1.82, 2.24) is 9.55 Å². The standard InChI is InChI=1S/C22H24N2O5/c25-18-10-11-24(21(28)23-18)17-12-22(20(27)19(17)26,16-8-4-5-9-16)14-29-13-15-6-2-1-3-7-15/h1-3,6-8,10-11,20,26-27H,4-5,9,12-14H2,(H,23,25,28)/t20-,22?/m0/s1. The van der Waals surface area contributed by atoms with Gasteiger partial charge in [-0.2, -0.15) is 0 Å². The highest BCUT2D eigenvalue weighted by molar-refractivity contribution is 5.57. The molecule has 29 heavy (non-hydrogen) atoms. The smallest absolute Gasteiger partial charge is 0.332 e. The fourth-order valence-electron chi connectivity index (χ4n) is 4.30. The van der Waals surface area contributed by atoms with E-state index in [-0.39, 0.29) is 24.5 Å². The molecule has 0 radical (unpaired) electrons. The normalized spacial score (nSPS) is 24.2. The predicted molar refractivity (Wildman–Crippen MR) is 108 cm³/mol. The second-order valence-corrected chi connectivity index (χ2v) is 7.65. The lowest BCUT2D eigenvalue weighted by atomic mass is 9.75. The van der Waals surface area contributed by atoms with Crippen LogP contribution in [0.2, 0.25) is 0 Å². The molecule has 1 heterocycles. The van der Waals surface area contributed by atoms with Crippen molar-refractivity contribution in [1.29, 1.82) is 0 Å². The molecule has 1 aromatic heterocycles. The van der Waals surface area contributed by atoms with Crippen molar-refractivity contribution in [3.63, 3.8) is 0 Å². The van der Waals surface area contributed by atoms with Gasteiger partial charge in [0.25, 0.3) is 5.56 Å². The first-order chi connectivity index (χ1) is 14.0. The summed E-state index contributed by atoms with van der Waals surface area (Å²) in [6.07, 6.45) is 5.19. The highest BCUT2D eigenvalue weighted by Gasteiger charge is 2.51. The first-order valence-corrected chi connectivity index (χ1v) is 9.75. The summed E-state index contributed by atoms with van der Waals surface area (Å²) in [7, 11) is 0. The maximum Gasteiger partial charge on any atom is 0.332 e. The number of ether oxygens (including phenoxy) is 1. The quantitative estimate of drug-likeness (QED) is 0.650. The lowest BCUT2D eigenvalue weighted by Gasteiger charge is -2.34. The second kappa shape index (κ2) is 7.85. The van der Waals surface area contributed by atoms with E-state index in [2.05, 4.69) is 11.1 Å². The Morgan fingerprint density at radius 3 is 2.69 bits per heavy atom. The third kappa shape index (κ3) is 3.59. The Balaban J connectivity index is 1.64. The highest BCUT2D eigenvalue weighted by atomic mass is 16.5. The molecule has 152 valence electrons. The number of nitrogens with one attached hydrogen (secondary N) is 1. The Bertz CT molecular complexity index is 1070. The maximum absolute atomic E-state index is 12.2. The number of allylic oxidation sites excluding steroid dienone is 2. The molecule has 7 heteroatoms. The van der Waals surface area contributed by atoms with Crippen molar-refractivity contribution in [2.24, 2.45) is 5.41 Å². The molecule has 0 bridgehead atoms. The summed E-state index contributed by atoms with van der Waals surface area (Å²) in [4.78, 5) is 25.8. The van der Waals surface area contributed by atoms with Gasteiger partial charge in [-0.15, -0.1) is 0 Å². The third-order valence-corrected chi connectivity index (χ3v) is 5.83. The van der Waals surface area contributed by atoms with E-state index < -0.39 is 22.8 Å². The van der Waals surface area contributed by atoms with Crippen LogP contribution in [0.1, 0.15) is 31.2 Å². The number of H-pyrrole nitrogens is 1.